The molecule has 0 saturated carbocycles. The van der Waals surface area contributed by atoms with Gasteiger partial charge >= 0.3 is 0 Å². The summed E-state index contributed by atoms with van der Waals surface area (Å²) in [6.07, 6.45) is 3.92. The van der Waals surface area contributed by atoms with Crippen LogP contribution < -0.4 is 0 Å². The molecule has 0 saturated heterocycles. The molecule has 2 rings (SSSR count). The second-order valence-corrected chi connectivity index (χ2v) is 3.50. The molecule has 1 heterocycles. The van der Waals surface area contributed by atoms with Crippen molar-refractivity contribution in [3.63, 3.8) is 0 Å². The highest BCUT2D eigenvalue weighted by molar-refractivity contribution is 6.36. The molecule has 14 heavy (non-hydrogen) atoms. The number of benzene rings is 1. The summed E-state index contributed by atoms with van der Waals surface area (Å²) in [5.41, 5.74) is 2.21. The third-order valence-corrected chi connectivity index (χ3v) is 2.60. The number of hydrogen-bond donors (Lipinski definition) is 1. The van der Waals surface area contributed by atoms with Crippen molar-refractivity contribution in [1.29, 1.82) is 0 Å². The Balaban J connectivity index is 0.000000980. The van der Waals surface area contributed by atoms with Crippen molar-refractivity contribution in [2.45, 2.75) is 27.2 Å². The Hall–Kier alpha value is -1.02. The van der Waals surface area contributed by atoms with Crippen LogP contribution >= 0.6 is 11.6 Å². The van der Waals surface area contributed by atoms with Crippen molar-refractivity contribution >= 4 is 22.5 Å². The highest BCUT2D eigenvalue weighted by atomic mass is 35.5. The number of hydrogen-bond acceptors (Lipinski definition) is 1. The molecule has 2 nitrogen and oxygen atoms in total. The first-order chi connectivity index (χ1) is 6.33. The van der Waals surface area contributed by atoms with Gasteiger partial charge in [-0.25, -0.2) is 0 Å². The summed E-state index contributed by atoms with van der Waals surface area (Å²) < 4.78 is 0. The van der Waals surface area contributed by atoms with E-state index < -0.39 is 0 Å². The van der Waals surface area contributed by atoms with Crippen LogP contribution in [0.1, 0.15) is 26.3 Å². The lowest BCUT2D eigenvalue weighted by Crippen LogP contribution is -1.84. The highest BCUT2D eigenvalue weighted by Crippen LogP contribution is 2.26. The fourth-order valence-electron chi connectivity index (χ4n) is 1.49. The van der Waals surface area contributed by atoms with E-state index in [0.29, 0.717) is 0 Å². The predicted octanol–water partition coefficient (Wildman–Crippen LogP) is 3.80. The van der Waals surface area contributed by atoms with Gasteiger partial charge in [-0.1, -0.05) is 38.4 Å². The van der Waals surface area contributed by atoms with Crippen molar-refractivity contribution in [3.05, 3.63) is 28.9 Å². The average Bonchev–Trinajstić information content (AvgIpc) is 2.58. The second kappa shape index (κ2) is 4.47. The molecule has 2 aromatic rings. The number of aromatic nitrogens is 2. The fourth-order valence-corrected chi connectivity index (χ4v) is 1.80. The average molecular weight is 211 g/mol. The minimum atomic E-state index is 0. The standard InChI is InChI=1S/C10H11ClN2.CH4/c1-2-3-7-4-5-9-8(10(7)11)6-12-13-9;/h4-6H,2-3H2,1H3,(H,12,13);1H4. The van der Waals surface area contributed by atoms with Crippen molar-refractivity contribution in [2.24, 2.45) is 0 Å². The zero-order valence-corrected chi connectivity index (χ0v) is 8.23. The number of aryl methyl sites for hydroxylation is 1. The molecule has 0 unspecified atom stereocenters. The third-order valence-electron chi connectivity index (χ3n) is 2.16. The van der Waals surface area contributed by atoms with Crippen LogP contribution in [0.4, 0.5) is 0 Å². The van der Waals surface area contributed by atoms with Gasteiger partial charge < -0.3 is 0 Å². The van der Waals surface area contributed by atoms with Crippen LogP contribution in [0.25, 0.3) is 10.9 Å². The van der Waals surface area contributed by atoms with Gasteiger partial charge in [0, 0.05) is 5.39 Å². The number of halogens is 1. The molecule has 0 fully saturated rings. The minimum absolute atomic E-state index is 0. The van der Waals surface area contributed by atoms with Crippen LogP contribution in [0.5, 0.6) is 0 Å². The van der Waals surface area contributed by atoms with E-state index in [1.165, 1.54) is 5.56 Å². The van der Waals surface area contributed by atoms with E-state index in [0.717, 1.165) is 28.8 Å². The summed E-state index contributed by atoms with van der Waals surface area (Å²) in [4.78, 5) is 0. The van der Waals surface area contributed by atoms with E-state index in [1.807, 2.05) is 6.07 Å². The molecule has 1 aromatic heterocycles. The van der Waals surface area contributed by atoms with E-state index in [-0.39, 0.29) is 7.43 Å². The van der Waals surface area contributed by atoms with Gasteiger partial charge in [0.2, 0.25) is 0 Å². The molecule has 0 radical (unpaired) electrons. The van der Waals surface area contributed by atoms with Crippen molar-refractivity contribution < 1.29 is 0 Å². The first kappa shape index (κ1) is 11.1. The number of aromatic amines is 1. The number of fused-ring (bicyclic) bond motifs is 1. The van der Waals surface area contributed by atoms with Gasteiger partial charge in [-0.3, -0.25) is 5.10 Å². The van der Waals surface area contributed by atoms with Crippen molar-refractivity contribution in [2.75, 3.05) is 0 Å². The van der Waals surface area contributed by atoms with E-state index in [9.17, 15) is 0 Å². The van der Waals surface area contributed by atoms with Crippen molar-refractivity contribution in [3.8, 4) is 0 Å². The monoisotopic (exact) mass is 210 g/mol. The summed E-state index contributed by atoms with van der Waals surface area (Å²) in [7, 11) is 0. The van der Waals surface area contributed by atoms with E-state index in [4.69, 9.17) is 11.6 Å². The molecule has 0 atom stereocenters. The second-order valence-electron chi connectivity index (χ2n) is 3.12. The number of nitrogens with one attached hydrogen (secondary N) is 1. The van der Waals surface area contributed by atoms with Crippen LogP contribution in [0, 0.1) is 0 Å². The molecule has 76 valence electrons. The molecule has 1 N–H and O–H groups in total. The van der Waals surface area contributed by atoms with E-state index in [2.05, 4.69) is 23.2 Å². The number of H-pyrrole nitrogens is 1. The zero-order chi connectivity index (χ0) is 9.26. The summed E-state index contributed by atoms with van der Waals surface area (Å²) >= 11 is 6.20. The maximum atomic E-state index is 6.20. The smallest absolute Gasteiger partial charge is 0.0665 e. The normalized spacial score (nSPS) is 10.1. The highest BCUT2D eigenvalue weighted by Gasteiger charge is 2.05. The molecule has 0 amide bonds. The molecule has 0 aliphatic heterocycles. The van der Waals surface area contributed by atoms with Gasteiger partial charge in [0.05, 0.1) is 16.7 Å². The third kappa shape index (κ3) is 1.75. The van der Waals surface area contributed by atoms with Gasteiger partial charge in [-0.2, -0.15) is 5.10 Å². The van der Waals surface area contributed by atoms with Crippen LogP contribution in [-0.2, 0) is 6.42 Å². The lowest BCUT2D eigenvalue weighted by molar-refractivity contribution is 0.924. The van der Waals surface area contributed by atoms with Crippen LogP contribution in [-0.4, -0.2) is 10.2 Å². The van der Waals surface area contributed by atoms with E-state index >= 15 is 0 Å². The van der Waals surface area contributed by atoms with Crippen molar-refractivity contribution in [1.82, 2.24) is 10.2 Å². The van der Waals surface area contributed by atoms with Crippen LogP contribution in [0.2, 0.25) is 5.02 Å². The summed E-state index contributed by atoms with van der Waals surface area (Å²) in [6, 6.07) is 4.09. The quantitative estimate of drug-likeness (QED) is 0.803. The summed E-state index contributed by atoms with van der Waals surface area (Å²) in [5.74, 6) is 0. The Morgan fingerprint density at radius 1 is 1.43 bits per heavy atom. The largest absolute Gasteiger partial charge is 0.278 e. The van der Waals surface area contributed by atoms with Crippen LogP contribution in [0.3, 0.4) is 0 Å². The van der Waals surface area contributed by atoms with Gasteiger partial charge in [0.25, 0.3) is 0 Å². The predicted molar refractivity (Wildman–Crippen MR) is 61.8 cm³/mol. The maximum Gasteiger partial charge on any atom is 0.0665 e. The van der Waals surface area contributed by atoms with Gasteiger partial charge in [0.1, 0.15) is 0 Å². The number of rotatable bonds is 2. The van der Waals surface area contributed by atoms with Gasteiger partial charge in [-0.05, 0) is 18.1 Å². The lowest BCUT2D eigenvalue weighted by atomic mass is 10.1. The van der Waals surface area contributed by atoms with Gasteiger partial charge in [0.15, 0.2) is 0 Å². The number of nitrogens with zero attached hydrogens (tertiary/aromatic N) is 1. The molecule has 1 aromatic carbocycles. The molecule has 0 bridgehead atoms. The zero-order valence-electron chi connectivity index (χ0n) is 7.47. The lowest BCUT2D eigenvalue weighted by Gasteiger charge is -2.02. The fraction of sp³-hybridized carbons (Fsp3) is 0.364. The Morgan fingerprint density at radius 3 is 2.93 bits per heavy atom. The SMILES string of the molecule is C.CCCc1ccc2[nH]ncc2c1Cl. The Labute approximate surface area is 89.3 Å². The first-order valence-corrected chi connectivity index (χ1v) is 4.81. The molecule has 0 aliphatic carbocycles. The molecule has 0 spiro atoms. The Bertz CT molecular complexity index is 420. The molecular formula is C11H15ClN2. The maximum absolute atomic E-state index is 6.20. The Morgan fingerprint density at radius 2 is 2.21 bits per heavy atom. The minimum Gasteiger partial charge on any atom is -0.278 e. The molecular weight excluding hydrogens is 196 g/mol. The molecule has 3 heteroatoms. The summed E-state index contributed by atoms with van der Waals surface area (Å²) in [5, 5.41) is 8.71. The van der Waals surface area contributed by atoms with Crippen LogP contribution in [0.15, 0.2) is 18.3 Å². The van der Waals surface area contributed by atoms with E-state index in [1.54, 1.807) is 6.20 Å². The molecule has 0 aliphatic rings. The first-order valence-electron chi connectivity index (χ1n) is 4.43. The summed E-state index contributed by atoms with van der Waals surface area (Å²) in [6.45, 7) is 2.15. The van der Waals surface area contributed by atoms with Gasteiger partial charge in [-0.15, -0.1) is 0 Å². The Kier molecular flexibility index (Phi) is 3.53. The topological polar surface area (TPSA) is 28.7 Å².